The highest BCUT2D eigenvalue weighted by atomic mass is 35.5. The van der Waals surface area contributed by atoms with Gasteiger partial charge in [-0.15, -0.1) is 22.9 Å². The Balaban J connectivity index is 2.28. The van der Waals surface area contributed by atoms with Crippen LogP contribution >= 0.6 is 22.9 Å². The number of nitrogens with zero attached hydrogens (tertiary/aromatic N) is 1. The predicted molar refractivity (Wildman–Crippen MR) is 57.8 cm³/mol. The van der Waals surface area contributed by atoms with Crippen molar-refractivity contribution in [3.05, 3.63) is 16.6 Å². The van der Waals surface area contributed by atoms with E-state index in [1.807, 2.05) is 0 Å². The Kier molecular flexibility index (Phi) is 4.51. The Hall–Kier alpha value is -1.14. The molecule has 1 unspecified atom stereocenters. The van der Waals surface area contributed by atoms with E-state index in [2.05, 4.69) is 15.6 Å². The summed E-state index contributed by atoms with van der Waals surface area (Å²) in [5, 5.41) is 3.89. The van der Waals surface area contributed by atoms with Crippen LogP contribution < -0.4 is 10.6 Å². The molecule has 1 aromatic heterocycles. The van der Waals surface area contributed by atoms with Crippen LogP contribution in [-0.2, 0) is 11.3 Å². The summed E-state index contributed by atoms with van der Waals surface area (Å²) < 4.78 is 0. The molecule has 0 fully saturated rings. The summed E-state index contributed by atoms with van der Waals surface area (Å²) in [6, 6.07) is -0.555. The molecule has 15 heavy (non-hydrogen) atoms. The molecule has 1 rings (SSSR count). The molecule has 0 aliphatic heterocycles. The molecule has 2 N–H and O–H groups in total. The van der Waals surface area contributed by atoms with Crippen LogP contribution in [0.15, 0.2) is 11.7 Å². The van der Waals surface area contributed by atoms with E-state index < -0.39 is 17.3 Å². The van der Waals surface area contributed by atoms with Gasteiger partial charge in [0.1, 0.15) is 5.38 Å². The van der Waals surface area contributed by atoms with E-state index in [1.165, 1.54) is 18.3 Å². The van der Waals surface area contributed by atoms with Crippen LogP contribution in [0.5, 0.6) is 0 Å². The van der Waals surface area contributed by atoms with Crippen molar-refractivity contribution in [1.29, 1.82) is 0 Å². The van der Waals surface area contributed by atoms with E-state index in [9.17, 15) is 9.59 Å². The van der Waals surface area contributed by atoms with Gasteiger partial charge in [-0.3, -0.25) is 15.1 Å². The van der Waals surface area contributed by atoms with Gasteiger partial charge < -0.3 is 5.32 Å². The third kappa shape index (κ3) is 4.26. The fourth-order valence-electron chi connectivity index (χ4n) is 0.752. The van der Waals surface area contributed by atoms with E-state index in [4.69, 9.17) is 11.6 Å². The molecule has 0 aromatic carbocycles. The van der Waals surface area contributed by atoms with Gasteiger partial charge in [-0.25, -0.2) is 4.79 Å². The van der Waals surface area contributed by atoms with Crippen LogP contribution in [0.3, 0.4) is 0 Å². The minimum Gasteiger partial charge on any atom is -0.333 e. The standard InChI is InChI=1S/C8H10ClN3O2S/c1-5(9)7(13)12-8(14)11-3-6-2-10-4-15-6/h2,4-5H,3H2,1H3,(H2,11,12,13,14). The second kappa shape index (κ2) is 5.67. The van der Waals surface area contributed by atoms with Gasteiger partial charge in [-0.1, -0.05) is 0 Å². The van der Waals surface area contributed by atoms with Gasteiger partial charge in [0.2, 0.25) is 5.91 Å². The summed E-state index contributed by atoms with van der Waals surface area (Å²) in [6.07, 6.45) is 1.65. The minimum atomic E-state index is -0.723. The normalized spacial score (nSPS) is 11.9. The van der Waals surface area contributed by atoms with Gasteiger partial charge in [0.25, 0.3) is 0 Å². The molecular weight excluding hydrogens is 238 g/mol. The molecule has 0 aliphatic carbocycles. The number of carbonyl (C=O) groups is 2. The first kappa shape index (κ1) is 11.9. The zero-order valence-corrected chi connectivity index (χ0v) is 9.56. The van der Waals surface area contributed by atoms with Crippen LogP contribution in [0.2, 0.25) is 0 Å². The molecule has 0 saturated carbocycles. The van der Waals surface area contributed by atoms with E-state index in [0.717, 1.165) is 4.88 Å². The number of hydrogen-bond donors (Lipinski definition) is 2. The monoisotopic (exact) mass is 247 g/mol. The van der Waals surface area contributed by atoms with Crippen LogP contribution in [-0.4, -0.2) is 22.3 Å². The topological polar surface area (TPSA) is 71.1 Å². The molecule has 5 nitrogen and oxygen atoms in total. The highest BCUT2D eigenvalue weighted by molar-refractivity contribution is 7.09. The molecule has 0 bridgehead atoms. The second-order valence-electron chi connectivity index (χ2n) is 2.76. The smallest absolute Gasteiger partial charge is 0.321 e. The number of imide groups is 1. The highest BCUT2D eigenvalue weighted by Crippen LogP contribution is 2.03. The predicted octanol–water partition coefficient (Wildman–Crippen LogP) is 1.10. The summed E-state index contributed by atoms with van der Waals surface area (Å²) in [5.74, 6) is -0.515. The van der Waals surface area contributed by atoms with Crippen molar-refractivity contribution in [2.45, 2.75) is 18.8 Å². The molecule has 3 amide bonds. The first-order valence-corrected chi connectivity index (χ1v) is 5.51. The number of amides is 3. The lowest BCUT2D eigenvalue weighted by atomic mass is 10.4. The first-order valence-electron chi connectivity index (χ1n) is 4.19. The molecule has 0 spiro atoms. The number of urea groups is 1. The molecule has 7 heteroatoms. The first-order chi connectivity index (χ1) is 7.09. The van der Waals surface area contributed by atoms with Crippen LogP contribution in [0.1, 0.15) is 11.8 Å². The molecule has 0 saturated heterocycles. The third-order valence-corrected chi connectivity index (χ3v) is 2.48. The zero-order valence-electron chi connectivity index (χ0n) is 7.99. The Labute approximate surface area is 95.8 Å². The summed E-state index contributed by atoms with van der Waals surface area (Å²) >= 11 is 6.90. The maximum absolute atomic E-state index is 11.1. The largest absolute Gasteiger partial charge is 0.333 e. The second-order valence-corrected chi connectivity index (χ2v) is 4.38. The average molecular weight is 248 g/mol. The van der Waals surface area contributed by atoms with Crippen LogP contribution in [0.25, 0.3) is 0 Å². The highest BCUT2D eigenvalue weighted by Gasteiger charge is 2.12. The van der Waals surface area contributed by atoms with Gasteiger partial charge in [-0.2, -0.15) is 0 Å². The van der Waals surface area contributed by atoms with Crippen molar-refractivity contribution in [3.63, 3.8) is 0 Å². The van der Waals surface area contributed by atoms with Crippen LogP contribution in [0.4, 0.5) is 4.79 Å². The Bertz CT molecular complexity index is 340. The third-order valence-electron chi connectivity index (χ3n) is 1.50. The van der Waals surface area contributed by atoms with Crippen molar-refractivity contribution in [2.24, 2.45) is 0 Å². The number of rotatable bonds is 3. The number of hydrogen-bond acceptors (Lipinski definition) is 4. The number of alkyl halides is 1. The van der Waals surface area contributed by atoms with Gasteiger partial charge >= 0.3 is 6.03 Å². The average Bonchev–Trinajstić information content (AvgIpc) is 2.66. The summed E-state index contributed by atoms with van der Waals surface area (Å²) in [6.45, 7) is 1.84. The number of carbonyl (C=O) groups excluding carboxylic acids is 2. The molecule has 0 aliphatic rings. The Morgan fingerprint density at radius 1 is 1.67 bits per heavy atom. The molecule has 1 heterocycles. The quantitative estimate of drug-likeness (QED) is 0.786. The molecule has 82 valence electrons. The lowest BCUT2D eigenvalue weighted by Gasteiger charge is -2.06. The van der Waals surface area contributed by atoms with Crippen molar-refractivity contribution in [3.8, 4) is 0 Å². The molecule has 1 aromatic rings. The van der Waals surface area contributed by atoms with Crippen molar-refractivity contribution >= 4 is 34.9 Å². The van der Waals surface area contributed by atoms with Gasteiger partial charge in [-0.05, 0) is 6.92 Å². The van der Waals surface area contributed by atoms with E-state index >= 15 is 0 Å². The van der Waals surface area contributed by atoms with E-state index in [1.54, 1.807) is 11.7 Å². The summed E-state index contributed by atoms with van der Waals surface area (Å²) in [7, 11) is 0. The van der Waals surface area contributed by atoms with Crippen molar-refractivity contribution < 1.29 is 9.59 Å². The van der Waals surface area contributed by atoms with E-state index in [0.29, 0.717) is 6.54 Å². The maximum Gasteiger partial charge on any atom is 0.321 e. The number of aromatic nitrogens is 1. The van der Waals surface area contributed by atoms with Crippen molar-refractivity contribution in [1.82, 2.24) is 15.6 Å². The summed E-state index contributed by atoms with van der Waals surface area (Å²) in [5.41, 5.74) is 1.67. The number of nitrogens with one attached hydrogen (secondary N) is 2. The molecular formula is C8H10ClN3O2S. The van der Waals surface area contributed by atoms with Gasteiger partial charge in [0, 0.05) is 11.1 Å². The van der Waals surface area contributed by atoms with Gasteiger partial charge in [0.05, 0.1) is 12.1 Å². The fraction of sp³-hybridized carbons (Fsp3) is 0.375. The lowest BCUT2D eigenvalue weighted by Crippen LogP contribution is -2.41. The number of thiazole rings is 1. The van der Waals surface area contributed by atoms with Gasteiger partial charge in [0.15, 0.2) is 0 Å². The zero-order chi connectivity index (χ0) is 11.3. The van der Waals surface area contributed by atoms with Crippen LogP contribution in [0, 0.1) is 0 Å². The SMILES string of the molecule is CC(Cl)C(=O)NC(=O)NCc1cncs1. The van der Waals surface area contributed by atoms with Crippen molar-refractivity contribution in [2.75, 3.05) is 0 Å². The molecule has 1 atom stereocenters. The minimum absolute atomic E-state index is 0.348. The number of halogens is 1. The maximum atomic E-state index is 11.1. The lowest BCUT2D eigenvalue weighted by molar-refractivity contribution is -0.119. The Morgan fingerprint density at radius 2 is 2.40 bits per heavy atom. The summed E-state index contributed by atoms with van der Waals surface area (Å²) in [4.78, 5) is 26.9. The van der Waals surface area contributed by atoms with E-state index in [-0.39, 0.29) is 0 Å². The fourth-order valence-corrected chi connectivity index (χ4v) is 1.34. The Morgan fingerprint density at radius 3 is 2.93 bits per heavy atom. The molecule has 0 radical (unpaired) electrons.